The quantitative estimate of drug-likeness (QED) is 0.148. The molecule has 0 aromatic heterocycles. The zero-order valence-corrected chi connectivity index (χ0v) is 7.68. The summed E-state index contributed by atoms with van der Waals surface area (Å²) in [4.78, 5) is 6.84. The molecule has 0 aromatic carbocycles. The number of hydrogen-bond acceptors (Lipinski definition) is 10. The van der Waals surface area contributed by atoms with E-state index in [1.54, 1.807) is 0 Å². The Morgan fingerprint density at radius 3 is 2.00 bits per heavy atom. The Balaban J connectivity index is -0.000000224. The van der Waals surface area contributed by atoms with Crippen molar-refractivity contribution in [2.75, 3.05) is 6.61 Å². The first-order valence-electron chi connectivity index (χ1n) is 3.39. The molecule has 10 nitrogen and oxygen atoms in total. The number of aliphatic hydroxyl groups excluding tert-OH is 1. The average molecular weight is 239 g/mol. The molecule has 0 aliphatic heterocycles. The van der Waals surface area contributed by atoms with Gasteiger partial charge >= 0.3 is 32.4 Å². The average Bonchev–Trinajstić information content (AvgIpc) is 2.25. The molecule has 0 bridgehead atoms. The van der Waals surface area contributed by atoms with Gasteiger partial charge in [0.25, 0.3) is 12.5 Å². The molecule has 3 N–H and O–H groups in total. The van der Waals surface area contributed by atoms with Gasteiger partial charge in [0.2, 0.25) is 6.29 Å². The van der Waals surface area contributed by atoms with Crippen LogP contribution in [0.4, 0.5) is 0 Å². The van der Waals surface area contributed by atoms with E-state index in [1.807, 2.05) is 0 Å². The van der Waals surface area contributed by atoms with E-state index in [0.717, 1.165) is 6.26 Å². The Morgan fingerprint density at radius 2 is 1.71 bits per heavy atom. The van der Waals surface area contributed by atoms with Gasteiger partial charge < -0.3 is 24.6 Å². The molecule has 17 heavy (non-hydrogen) atoms. The van der Waals surface area contributed by atoms with Crippen LogP contribution in [0, 0.1) is 34.6 Å². The molecule has 0 heterocycles. The SMILES string of the molecule is N#COCC(O)OC#N.N#COOB(O)O.[LiH]. The summed E-state index contributed by atoms with van der Waals surface area (Å²) in [6, 6.07) is 0. The normalized spacial score (nSPS) is 8.47. The fourth-order valence-electron chi connectivity index (χ4n) is 0.268. The van der Waals surface area contributed by atoms with Gasteiger partial charge in [0.15, 0.2) is 6.61 Å². The van der Waals surface area contributed by atoms with Crippen LogP contribution in [0.1, 0.15) is 0 Å². The number of aliphatic hydroxyl groups is 1. The van der Waals surface area contributed by atoms with Crippen molar-refractivity contribution >= 4 is 26.2 Å². The summed E-state index contributed by atoms with van der Waals surface area (Å²) in [5.41, 5.74) is 0. The van der Waals surface area contributed by atoms with Gasteiger partial charge in [-0.1, -0.05) is 0 Å². The molecular weight excluding hydrogens is 232 g/mol. The van der Waals surface area contributed by atoms with Crippen LogP contribution in [0.15, 0.2) is 0 Å². The first kappa shape index (κ1) is 20.7. The molecule has 1 unspecified atom stereocenters. The molecule has 0 saturated carbocycles. The van der Waals surface area contributed by atoms with Crippen LogP contribution in [-0.2, 0) is 19.2 Å². The minimum absolute atomic E-state index is 0. The Hall–Kier alpha value is -1.63. The molecule has 0 aromatic rings. The molecule has 88 valence electrons. The first-order valence-corrected chi connectivity index (χ1v) is 3.39. The van der Waals surface area contributed by atoms with Crippen molar-refractivity contribution < 1.29 is 34.3 Å². The fourth-order valence-corrected chi connectivity index (χ4v) is 0.268. The summed E-state index contributed by atoms with van der Waals surface area (Å²) in [7, 11) is -2.04. The summed E-state index contributed by atoms with van der Waals surface area (Å²) in [5.74, 6) is 0. The predicted molar refractivity (Wildman–Crippen MR) is 49.4 cm³/mol. The third-order valence-corrected chi connectivity index (χ3v) is 0.651. The van der Waals surface area contributed by atoms with Crippen LogP contribution in [-0.4, -0.2) is 54.2 Å². The van der Waals surface area contributed by atoms with Gasteiger partial charge in [-0.05, 0) is 0 Å². The monoisotopic (exact) mass is 239 g/mol. The molecule has 0 aliphatic carbocycles. The van der Waals surface area contributed by atoms with Crippen LogP contribution < -0.4 is 0 Å². The van der Waals surface area contributed by atoms with Crippen LogP contribution in [0.3, 0.4) is 0 Å². The van der Waals surface area contributed by atoms with Crippen LogP contribution >= 0.6 is 0 Å². The zero-order valence-electron chi connectivity index (χ0n) is 7.68. The molecule has 0 saturated heterocycles. The van der Waals surface area contributed by atoms with Crippen LogP contribution in [0.2, 0.25) is 0 Å². The van der Waals surface area contributed by atoms with E-state index in [9.17, 15) is 0 Å². The third kappa shape index (κ3) is 25.0. The van der Waals surface area contributed by atoms with Crippen molar-refractivity contribution in [2.24, 2.45) is 0 Å². The molecule has 0 radical (unpaired) electrons. The maximum absolute atomic E-state index is 8.46. The molecule has 0 amide bonds. The van der Waals surface area contributed by atoms with Crippen molar-refractivity contribution in [3.63, 3.8) is 0 Å². The van der Waals surface area contributed by atoms with E-state index in [2.05, 4.69) is 19.2 Å². The summed E-state index contributed by atoms with van der Waals surface area (Å²) in [6.45, 7) is -0.315. The molecule has 1 atom stereocenters. The zero-order chi connectivity index (χ0) is 12.8. The minimum atomic E-state index is -2.04. The van der Waals surface area contributed by atoms with E-state index in [-0.39, 0.29) is 25.5 Å². The van der Waals surface area contributed by atoms with Gasteiger partial charge in [-0.25, -0.2) is 0 Å². The van der Waals surface area contributed by atoms with E-state index >= 15 is 0 Å². The second-order valence-corrected chi connectivity index (χ2v) is 1.66. The van der Waals surface area contributed by atoms with E-state index in [4.69, 9.17) is 30.9 Å². The van der Waals surface area contributed by atoms with Crippen LogP contribution in [0.5, 0.6) is 0 Å². The van der Waals surface area contributed by atoms with Gasteiger partial charge in [-0.2, -0.15) is 15.3 Å². The predicted octanol–water partition coefficient (Wildman–Crippen LogP) is -2.96. The molecule has 0 spiro atoms. The van der Waals surface area contributed by atoms with Crippen LogP contribution in [0.25, 0.3) is 0 Å². The van der Waals surface area contributed by atoms with Crippen molar-refractivity contribution in [2.45, 2.75) is 6.29 Å². The fraction of sp³-hybridized carbons (Fsp3) is 0.400. The van der Waals surface area contributed by atoms with Crippen molar-refractivity contribution in [3.05, 3.63) is 0 Å². The number of rotatable bonds is 5. The third-order valence-electron chi connectivity index (χ3n) is 0.651. The van der Waals surface area contributed by atoms with E-state index in [1.165, 1.54) is 12.5 Å². The number of hydrogen-bond donors (Lipinski definition) is 3. The Kier molecular flexibility index (Phi) is 20.5. The van der Waals surface area contributed by atoms with Gasteiger partial charge in [0.1, 0.15) is 0 Å². The Labute approximate surface area is 108 Å². The number of ether oxygens (including phenoxy) is 2. The van der Waals surface area contributed by atoms with Gasteiger partial charge in [-0.3, -0.25) is 4.89 Å². The maximum atomic E-state index is 8.46. The van der Waals surface area contributed by atoms with Gasteiger partial charge in [0.05, 0.1) is 0 Å². The second-order valence-electron chi connectivity index (χ2n) is 1.66. The second kappa shape index (κ2) is 16.8. The van der Waals surface area contributed by atoms with Gasteiger partial charge in [-0.15, -0.1) is 5.26 Å². The molecule has 0 fully saturated rings. The standard InChI is InChI=1S/C4H4N2O3.CH2BNO4.Li.H/c5-2-8-1-4(7)9-3-6;3-1-6-7-2(4)5;;/h4,7H,1H2;4-5H;;. The summed E-state index contributed by atoms with van der Waals surface area (Å²) >= 11 is 0. The van der Waals surface area contributed by atoms with Crippen molar-refractivity contribution in [3.8, 4) is 18.8 Å². The molecule has 0 rings (SSSR count). The topological polar surface area (TPSA) is 169 Å². The Bertz CT molecular complexity index is 285. The van der Waals surface area contributed by atoms with Crippen molar-refractivity contribution in [1.82, 2.24) is 0 Å². The molecule has 0 aliphatic rings. The van der Waals surface area contributed by atoms with E-state index < -0.39 is 13.6 Å². The van der Waals surface area contributed by atoms with Crippen molar-refractivity contribution in [1.29, 1.82) is 15.8 Å². The molecule has 12 heteroatoms. The summed E-state index contributed by atoms with van der Waals surface area (Å²) in [5, 5.41) is 47.0. The summed E-state index contributed by atoms with van der Waals surface area (Å²) < 4.78 is 7.96. The van der Waals surface area contributed by atoms with E-state index in [0.29, 0.717) is 0 Å². The number of nitriles is 3. The molecular formula is C5H7BLiN3O7. The first-order chi connectivity index (χ1) is 7.58. The number of nitrogens with zero attached hydrogens (tertiary/aromatic N) is 3. The van der Waals surface area contributed by atoms with Gasteiger partial charge in [0, 0.05) is 0 Å². The summed E-state index contributed by atoms with van der Waals surface area (Å²) in [6.07, 6.45) is 2.26. The Morgan fingerprint density at radius 1 is 1.12 bits per heavy atom.